The van der Waals surface area contributed by atoms with Gasteiger partial charge in [-0.3, -0.25) is 4.79 Å². The van der Waals surface area contributed by atoms with E-state index in [-0.39, 0.29) is 23.7 Å². The van der Waals surface area contributed by atoms with Gasteiger partial charge < -0.3 is 15.0 Å². The van der Waals surface area contributed by atoms with Crippen LogP contribution in [0.15, 0.2) is 29.2 Å². The van der Waals surface area contributed by atoms with Crippen molar-refractivity contribution >= 4 is 28.3 Å². The third-order valence-corrected chi connectivity index (χ3v) is 7.02. The number of nitrogens with one attached hydrogen (secondary N) is 1. The maximum atomic E-state index is 12.9. The summed E-state index contributed by atoms with van der Waals surface area (Å²) < 4.78 is 32.8. The first-order valence-corrected chi connectivity index (χ1v) is 10.9. The molecule has 0 spiro atoms. The van der Waals surface area contributed by atoms with Crippen LogP contribution in [-0.4, -0.2) is 75.5 Å². The Kier molecular flexibility index (Phi) is 7.50. The van der Waals surface area contributed by atoms with Crippen molar-refractivity contribution in [3.05, 3.63) is 29.8 Å². The smallest absolute Gasteiger partial charge is 0.253 e. The Morgan fingerprint density at radius 3 is 2.21 bits per heavy atom. The molecule has 0 saturated carbocycles. The SMILES string of the molecule is CC(C)(C)c1ccc(S(=O)(=O)N2CCN(C(=O)C3CNCCO3)CC2)cc1.Cl. The summed E-state index contributed by atoms with van der Waals surface area (Å²) in [5, 5.41) is 3.15. The summed E-state index contributed by atoms with van der Waals surface area (Å²) in [6, 6.07) is 7.10. The zero-order chi connectivity index (χ0) is 19.7. The molecule has 2 aliphatic heterocycles. The van der Waals surface area contributed by atoms with E-state index >= 15 is 0 Å². The Hall–Kier alpha value is -1.19. The van der Waals surface area contributed by atoms with E-state index in [1.54, 1.807) is 17.0 Å². The number of nitrogens with zero attached hydrogens (tertiary/aromatic N) is 2. The van der Waals surface area contributed by atoms with Gasteiger partial charge in [0.05, 0.1) is 11.5 Å². The van der Waals surface area contributed by atoms with Crippen molar-refractivity contribution in [1.82, 2.24) is 14.5 Å². The molecule has 0 radical (unpaired) electrons. The lowest BCUT2D eigenvalue weighted by molar-refractivity contribution is -0.146. The molecule has 1 unspecified atom stereocenters. The van der Waals surface area contributed by atoms with Gasteiger partial charge in [0.2, 0.25) is 10.0 Å². The third kappa shape index (κ3) is 5.04. The van der Waals surface area contributed by atoms with Crippen LogP contribution in [0.3, 0.4) is 0 Å². The molecule has 1 N–H and O–H groups in total. The fraction of sp³-hybridized carbons (Fsp3) is 0.632. The van der Waals surface area contributed by atoms with E-state index in [1.807, 2.05) is 12.1 Å². The first-order valence-electron chi connectivity index (χ1n) is 9.41. The van der Waals surface area contributed by atoms with Crippen molar-refractivity contribution in [1.29, 1.82) is 0 Å². The van der Waals surface area contributed by atoms with Gasteiger partial charge in [0.25, 0.3) is 5.91 Å². The molecule has 28 heavy (non-hydrogen) atoms. The van der Waals surface area contributed by atoms with Crippen LogP contribution in [0.5, 0.6) is 0 Å². The molecule has 1 aromatic carbocycles. The predicted octanol–water partition coefficient (Wildman–Crippen LogP) is 1.23. The van der Waals surface area contributed by atoms with Gasteiger partial charge in [0, 0.05) is 39.3 Å². The average molecular weight is 432 g/mol. The molecule has 2 saturated heterocycles. The number of carbonyl (C=O) groups is 1. The second kappa shape index (κ2) is 9.09. The van der Waals surface area contributed by atoms with E-state index in [0.717, 1.165) is 12.1 Å². The maximum absolute atomic E-state index is 12.9. The lowest BCUT2D eigenvalue weighted by atomic mass is 9.87. The molecule has 3 rings (SSSR count). The van der Waals surface area contributed by atoms with Crippen molar-refractivity contribution in [3.8, 4) is 0 Å². The highest BCUT2D eigenvalue weighted by Gasteiger charge is 2.33. The molecule has 0 aliphatic carbocycles. The minimum absolute atomic E-state index is 0. The van der Waals surface area contributed by atoms with Crippen LogP contribution in [-0.2, 0) is 25.0 Å². The molecule has 1 amide bonds. The van der Waals surface area contributed by atoms with Crippen LogP contribution in [0.2, 0.25) is 0 Å². The minimum atomic E-state index is -3.55. The van der Waals surface area contributed by atoms with E-state index in [0.29, 0.717) is 44.2 Å². The first-order chi connectivity index (χ1) is 12.7. The topological polar surface area (TPSA) is 79.0 Å². The number of carbonyl (C=O) groups excluding carboxylic acids is 1. The highest BCUT2D eigenvalue weighted by Crippen LogP contribution is 2.25. The number of benzene rings is 1. The van der Waals surface area contributed by atoms with Crippen LogP contribution in [0.4, 0.5) is 0 Å². The maximum Gasteiger partial charge on any atom is 0.253 e. The summed E-state index contributed by atoms with van der Waals surface area (Å²) in [5.74, 6) is -0.0613. The second-order valence-electron chi connectivity index (χ2n) is 8.07. The molecule has 1 atom stereocenters. The van der Waals surface area contributed by atoms with E-state index < -0.39 is 16.1 Å². The Morgan fingerprint density at radius 1 is 1.11 bits per heavy atom. The number of hydrogen-bond acceptors (Lipinski definition) is 5. The average Bonchev–Trinajstić information content (AvgIpc) is 2.67. The number of hydrogen-bond donors (Lipinski definition) is 1. The molecular weight excluding hydrogens is 402 g/mol. The molecule has 0 bridgehead atoms. The van der Waals surface area contributed by atoms with Gasteiger partial charge >= 0.3 is 0 Å². The summed E-state index contributed by atoms with van der Waals surface area (Å²) in [6.45, 7) is 9.45. The highest BCUT2D eigenvalue weighted by molar-refractivity contribution is 7.89. The molecule has 0 aromatic heterocycles. The van der Waals surface area contributed by atoms with Crippen molar-refractivity contribution in [2.45, 2.75) is 37.2 Å². The number of ether oxygens (including phenoxy) is 1. The minimum Gasteiger partial charge on any atom is -0.366 e. The molecule has 2 fully saturated rings. The largest absolute Gasteiger partial charge is 0.366 e. The Labute approximate surface area is 173 Å². The second-order valence-corrected chi connectivity index (χ2v) is 10.0. The van der Waals surface area contributed by atoms with Gasteiger partial charge in [-0.2, -0.15) is 4.31 Å². The molecule has 2 aliphatic rings. The normalized spacial score (nSPS) is 21.8. The Bertz CT molecular complexity index is 763. The third-order valence-electron chi connectivity index (χ3n) is 5.11. The van der Waals surface area contributed by atoms with Gasteiger partial charge in [-0.1, -0.05) is 32.9 Å². The molecule has 7 nitrogen and oxygen atoms in total. The standard InChI is InChI=1S/C19H29N3O4S.ClH/c1-19(2,3)15-4-6-16(7-5-15)27(24,25)22-11-9-21(10-12-22)18(23)17-14-20-8-13-26-17;/h4-7,17,20H,8-14H2,1-3H3;1H. The van der Waals surface area contributed by atoms with Crippen molar-refractivity contribution in [2.75, 3.05) is 45.9 Å². The zero-order valence-electron chi connectivity index (χ0n) is 16.7. The van der Waals surface area contributed by atoms with Crippen LogP contribution < -0.4 is 5.32 Å². The predicted molar refractivity (Wildman–Crippen MR) is 110 cm³/mol. The summed E-state index contributed by atoms with van der Waals surface area (Å²) >= 11 is 0. The molecule has 1 aromatic rings. The summed E-state index contributed by atoms with van der Waals surface area (Å²) in [7, 11) is -3.55. The van der Waals surface area contributed by atoms with Gasteiger partial charge in [-0.05, 0) is 23.1 Å². The van der Waals surface area contributed by atoms with E-state index in [4.69, 9.17) is 4.74 Å². The number of rotatable bonds is 3. The molecule has 2 heterocycles. The monoisotopic (exact) mass is 431 g/mol. The number of amides is 1. The molecule has 9 heteroatoms. The van der Waals surface area contributed by atoms with Crippen LogP contribution in [0.25, 0.3) is 0 Å². The van der Waals surface area contributed by atoms with Crippen LogP contribution in [0, 0.1) is 0 Å². The number of sulfonamides is 1. The lowest BCUT2D eigenvalue weighted by Gasteiger charge is -2.36. The van der Waals surface area contributed by atoms with Crippen LogP contribution >= 0.6 is 12.4 Å². The highest BCUT2D eigenvalue weighted by atomic mass is 35.5. The number of morpholine rings is 1. The summed E-state index contributed by atoms with van der Waals surface area (Å²) in [4.78, 5) is 14.5. The summed E-state index contributed by atoms with van der Waals surface area (Å²) in [5.41, 5.74) is 1.07. The Balaban J connectivity index is 0.00000280. The number of piperazine rings is 1. The van der Waals surface area contributed by atoms with Gasteiger partial charge in [0.1, 0.15) is 6.10 Å². The first kappa shape index (κ1) is 23.1. The van der Waals surface area contributed by atoms with E-state index in [1.165, 1.54) is 4.31 Å². The van der Waals surface area contributed by atoms with Gasteiger partial charge in [0.15, 0.2) is 0 Å². The van der Waals surface area contributed by atoms with Crippen molar-refractivity contribution in [2.24, 2.45) is 0 Å². The molecular formula is C19H30ClN3O4S. The van der Waals surface area contributed by atoms with Gasteiger partial charge in [-0.15, -0.1) is 12.4 Å². The Morgan fingerprint density at radius 2 is 1.71 bits per heavy atom. The quantitative estimate of drug-likeness (QED) is 0.778. The van der Waals surface area contributed by atoms with Crippen molar-refractivity contribution < 1.29 is 17.9 Å². The zero-order valence-corrected chi connectivity index (χ0v) is 18.3. The number of halogens is 1. The van der Waals surface area contributed by atoms with E-state index in [2.05, 4.69) is 26.1 Å². The van der Waals surface area contributed by atoms with Crippen molar-refractivity contribution in [3.63, 3.8) is 0 Å². The fourth-order valence-electron chi connectivity index (χ4n) is 3.35. The summed E-state index contributed by atoms with van der Waals surface area (Å²) in [6.07, 6.45) is -0.466. The fourth-order valence-corrected chi connectivity index (χ4v) is 4.77. The van der Waals surface area contributed by atoms with Gasteiger partial charge in [-0.25, -0.2) is 8.42 Å². The van der Waals surface area contributed by atoms with E-state index in [9.17, 15) is 13.2 Å². The lowest BCUT2D eigenvalue weighted by Crippen LogP contribution is -2.55. The molecule has 158 valence electrons. The van der Waals surface area contributed by atoms with Crippen LogP contribution in [0.1, 0.15) is 26.3 Å².